The number of sulfonamides is 1. The minimum atomic E-state index is -4.08. The number of halogens is 2. The average Bonchev–Trinajstić information content (AvgIpc) is 2.75. The molecule has 1 N–H and O–H groups in total. The monoisotopic (exact) mass is 478 g/mol. The molecule has 3 aromatic rings. The lowest BCUT2D eigenvalue weighted by atomic mass is 10.2. The molecule has 31 heavy (non-hydrogen) atoms. The fraction of sp³-hybridized carbons (Fsp3) is 0.136. The van der Waals surface area contributed by atoms with Gasteiger partial charge in [0, 0.05) is 0 Å². The average molecular weight is 479 g/mol. The van der Waals surface area contributed by atoms with Crippen LogP contribution < -0.4 is 14.4 Å². The fourth-order valence-electron chi connectivity index (χ4n) is 2.89. The molecule has 0 spiro atoms. The van der Waals surface area contributed by atoms with Crippen LogP contribution in [-0.4, -0.2) is 28.0 Å². The lowest BCUT2D eigenvalue weighted by molar-refractivity contribution is -0.114. The van der Waals surface area contributed by atoms with Crippen molar-refractivity contribution in [2.75, 3.05) is 23.3 Å². The number of rotatable bonds is 7. The number of carbonyl (C=O) groups excluding carboxylic acids is 1. The topological polar surface area (TPSA) is 75.7 Å². The van der Waals surface area contributed by atoms with Gasteiger partial charge in [0.1, 0.15) is 12.3 Å². The van der Waals surface area contributed by atoms with Crippen molar-refractivity contribution in [2.45, 2.75) is 11.8 Å². The summed E-state index contributed by atoms with van der Waals surface area (Å²) in [6.45, 7) is 1.36. The molecule has 6 nitrogen and oxygen atoms in total. The molecule has 0 heterocycles. The molecule has 0 radical (unpaired) electrons. The summed E-state index contributed by atoms with van der Waals surface area (Å²) < 4.78 is 33.3. The van der Waals surface area contributed by atoms with Crippen molar-refractivity contribution >= 4 is 50.5 Å². The van der Waals surface area contributed by atoms with Crippen LogP contribution in [0, 0.1) is 6.92 Å². The summed E-state index contributed by atoms with van der Waals surface area (Å²) in [4.78, 5) is 12.9. The Hall–Kier alpha value is -2.74. The van der Waals surface area contributed by atoms with Crippen molar-refractivity contribution in [3.8, 4) is 5.75 Å². The number of carbonyl (C=O) groups is 1. The normalized spacial score (nSPS) is 11.1. The highest BCUT2D eigenvalue weighted by molar-refractivity contribution is 7.92. The third-order valence-electron chi connectivity index (χ3n) is 4.48. The van der Waals surface area contributed by atoms with E-state index in [9.17, 15) is 13.2 Å². The number of nitrogens with zero attached hydrogens (tertiary/aromatic N) is 1. The van der Waals surface area contributed by atoms with Gasteiger partial charge < -0.3 is 10.1 Å². The quantitative estimate of drug-likeness (QED) is 0.509. The first kappa shape index (κ1) is 22.9. The smallest absolute Gasteiger partial charge is 0.264 e. The van der Waals surface area contributed by atoms with Crippen LogP contribution in [-0.2, 0) is 14.8 Å². The maximum absolute atomic E-state index is 13.5. The van der Waals surface area contributed by atoms with Crippen molar-refractivity contribution in [1.29, 1.82) is 0 Å². The summed E-state index contributed by atoms with van der Waals surface area (Å²) in [5.41, 5.74) is 1.43. The number of methoxy groups -OCH3 is 1. The molecule has 0 saturated heterocycles. The first-order chi connectivity index (χ1) is 14.7. The molecule has 3 rings (SSSR count). The number of hydrogen-bond acceptors (Lipinski definition) is 4. The van der Waals surface area contributed by atoms with Gasteiger partial charge in [0.15, 0.2) is 0 Å². The molecule has 0 aromatic heterocycles. The van der Waals surface area contributed by atoms with Crippen molar-refractivity contribution in [3.63, 3.8) is 0 Å². The van der Waals surface area contributed by atoms with Crippen LogP contribution in [0.25, 0.3) is 0 Å². The molecule has 0 fully saturated rings. The summed E-state index contributed by atoms with van der Waals surface area (Å²) in [7, 11) is -2.64. The number of anilines is 2. The molecule has 0 aliphatic heterocycles. The molecule has 1 amide bonds. The SMILES string of the molecule is COc1ccccc1N(CC(=O)Nc1cccc(Cl)c1Cl)S(=O)(=O)c1ccc(C)cc1. The molecule has 9 heteroatoms. The van der Waals surface area contributed by atoms with E-state index >= 15 is 0 Å². The van der Waals surface area contributed by atoms with Gasteiger partial charge in [0.25, 0.3) is 10.0 Å². The summed E-state index contributed by atoms with van der Waals surface area (Å²) in [5.74, 6) is -0.280. The van der Waals surface area contributed by atoms with Crippen molar-refractivity contribution in [1.82, 2.24) is 0 Å². The number of ether oxygens (including phenoxy) is 1. The van der Waals surface area contributed by atoms with Gasteiger partial charge in [-0.15, -0.1) is 0 Å². The highest BCUT2D eigenvalue weighted by Crippen LogP contribution is 2.33. The minimum absolute atomic E-state index is 0.0533. The predicted octanol–water partition coefficient (Wildman–Crippen LogP) is 5.14. The molecule has 0 aliphatic rings. The minimum Gasteiger partial charge on any atom is -0.495 e. The molecule has 0 saturated carbocycles. The summed E-state index contributed by atoms with van der Waals surface area (Å²) in [6.07, 6.45) is 0. The van der Waals surface area contributed by atoms with E-state index in [1.54, 1.807) is 54.6 Å². The largest absolute Gasteiger partial charge is 0.495 e. The summed E-state index contributed by atoms with van der Waals surface area (Å²) in [5, 5.41) is 3.06. The van der Waals surface area contributed by atoms with E-state index in [1.165, 1.54) is 19.2 Å². The Morgan fingerprint density at radius 1 is 1.00 bits per heavy atom. The lowest BCUT2D eigenvalue weighted by Crippen LogP contribution is -2.38. The van der Waals surface area contributed by atoms with Crippen LogP contribution in [0.4, 0.5) is 11.4 Å². The molecular formula is C22H20Cl2N2O4S. The number of para-hydroxylation sites is 2. The molecule has 0 aliphatic carbocycles. The Morgan fingerprint density at radius 2 is 1.68 bits per heavy atom. The molecule has 0 bridgehead atoms. The first-order valence-corrected chi connectivity index (χ1v) is 11.4. The van der Waals surface area contributed by atoms with Gasteiger partial charge >= 0.3 is 0 Å². The number of benzene rings is 3. The van der Waals surface area contributed by atoms with Gasteiger partial charge in [0.05, 0.1) is 33.4 Å². The van der Waals surface area contributed by atoms with E-state index in [2.05, 4.69) is 5.32 Å². The summed E-state index contributed by atoms with van der Waals surface area (Å²) >= 11 is 12.1. The zero-order valence-electron chi connectivity index (χ0n) is 16.8. The summed E-state index contributed by atoms with van der Waals surface area (Å²) in [6, 6.07) is 17.8. The second-order valence-electron chi connectivity index (χ2n) is 6.65. The van der Waals surface area contributed by atoms with E-state index < -0.39 is 22.5 Å². The Labute approximate surface area is 191 Å². The third kappa shape index (κ3) is 5.12. The van der Waals surface area contributed by atoms with Crippen LogP contribution >= 0.6 is 23.2 Å². The van der Waals surface area contributed by atoms with E-state index in [0.717, 1.165) is 9.87 Å². The zero-order chi connectivity index (χ0) is 22.6. The molecule has 0 atom stereocenters. The molecule has 0 unspecified atom stereocenters. The van der Waals surface area contributed by atoms with Crippen LogP contribution in [0.1, 0.15) is 5.56 Å². The van der Waals surface area contributed by atoms with E-state index in [4.69, 9.17) is 27.9 Å². The fourth-order valence-corrected chi connectivity index (χ4v) is 4.67. The maximum Gasteiger partial charge on any atom is 0.264 e. The Morgan fingerprint density at radius 3 is 2.35 bits per heavy atom. The van der Waals surface area contributed by atoms with E-state index in [-0.39, 0.29) is 26.3 Å². The van der Waals surface area contributed by atoms with Crippen molar-refractivity contribution in [2.24, 2.45) is 0 Å². The third-order valence-corrected chi connectivity index (χ3v) is 7.07. The van der Waals surface area contributed by atoms with E-state index in [1.807, 2.05) is 6.92 Å². The van der Waals surface area contributed by atoms with Gasteiger partial charge in [-0.1, -0.05) is 59.1 Å². The molecular weight excluding hydrogens is 459 g/mol. The first-order valence-electron chi connectivity index (χ1n) is 9.20. The maximum atomic E-state index is 13.5. The zero-order valence-corrected chi connectivity index (χ0v) is 19.1. The molecule has 3 aromatic carbocycles. The van der Waals surface area contributed by atoms with Crippen molar-refractivity contribution in [3.05, 3.63) is 82.3 Å². The predicted molar refractivity (Wildman–Crippen MR) is 124 cm³/mol. The van der Waals surface area contributed by atoms with Crippen molar-refractivity contribution < 1.29 is 17.9 Å². The van der Waals surface area contributed by atoms with Crippen LogP contribution in [0.2, 0.25) is 10.0 Å². The van der Waals surface area contributed by atoms with Crippen LogP contribution in [0.3, 0.4) is 0 Å². The Balaban J connectivity index is 2.01. The van der Waals surface area contributed by atoms with Crippen LogP contribution in [0.15, 0.2) is 71.6 Å². The van der Waals surface area contributed by atoms with Crippen LogP contribution in [0.5, 0.6) is 5.75 Å². The number of nitrogens with one attached hydrogen (secondary N) is 1. The highest BCUT2D eigenvalue weighted by Gasteiger charge is 2.29. The van der Waals surface area contributed by atoms with Gasteiger partial charge in [-0.3, -0.25) is 9.10 Å². The lowest BCUT2D eigenvalue weighted by Gasteiger charge is -2.25. The van der Waals surface area contributed by atoms with Gasteiger partial charge in [-0.05, 0) is 43.3 Å². The van der Waals surface area contributed by atoms with Gasteiger partial charge in [0.2, 0.25) is 5.91 Å². The number of aryl methyl sites for hydroxylation is 1. The molecule has 162 valence electrons. The Kier molecular flexibility index (Phi) is 7.10. The Bertz CT molecular complexity index is 1200. The van der Waals surface area contributed by atoms with Gasteiger partial charge in [-0.2, -0.15) is 0 Å². The van der Waals surface area contributed by atoms with E-state index in [0.29, 0.717) is 5.75 Å². The standard InChI is InChI=1S/C22H20Cl2N2O4S/c1-15-10-12-16(13-11-15)31(28,29)26(19-8-3-4-9-20(19)30-2)14-21(27)25-18-7-5-6-17(23)22(18)24/h3-13H,14H2,1-2H3,(H,25,27). The second-order valence-corrected chi connectivity index (χ2v) is 9.29. The second kappa shape index (κ2) is 9.60. The number of hydrogen-bond donors (Lipinski definition) is 1. The van der Waals surface area contributed by atoms with Gasteiger partial charge in [-0.25, -0.2) is 8.42 Å². The highest BCUT2D eigenvalue weighted by atomic mass is 35.5. The number of amides is 1.